The van der Waals surface area contributed by atoms with Crippen molar-refractivity contribution in [3.05, 3.63) is 59.0 Å². The quantitative estimate of drug-likeness (QED) is 0.451. The number of aldehydes is 1. The van der Waals surface area contributed by atoms with Crippen LogP contribution in [-0.4, -0.2) is 17.1 Å². The zero-order chi connectivity index (χ0) is 15.0. The summed E-state index contributed by atoms with van der Waals surface area (Å²) < 4.78 is 13.1. The Balaban J connectivity index is 2.36. The predicted octanol–water partition coefficient (Wildman–Crippen LogP) is 4.01. The van der Waals surface area contributed by atoms with Gasteiger partial charge in [-0.3, -0.25) is 9.59 Å². The molecule has 0 aliphatic rings. The Morgan fingerprint density at radius 1 is 1.14 bits per heavy atom. The molecule has 0 bridgehead atoms. The van der Waals surface area contributed by atoms with Crippen LogP contribution >= 0.6 is 11.6 Å². The number of rotatable bonds is 3. The minimum absolute atomic E-state index is 0.175. The zero-order valence-corrected chi connectivity index (χ0v) is 11.4. The molecular weight excluding hydrogens is 293 g/mol. The van der Waals surface area contributed by atoms with Crippen LogP contribution in [0.15, 0.2) is 42.5 Å². The van der Waals surface area contributed by atoms with Crippen molar-refractivity contribution in [2.75, 3.05) is 0 Å². The number of carbonyl (C=O) groups is 2. The fraction of sp³-hybridized carbons (Fsp3) is 0. The van der Waals surface area contributed by atoms with Crippen molar-refractivity contribution in [2.24, 2.45) is 0 Å². The molecule has 3 aromatic rings. The Bertz CT molecular complexity index is 853. The first-order valence-electron chi connectivity index (χ1n) is 6.17. The topological polar surface area (TPSA) is 49.9 Å². The van der Waals surface area contributed by atoms with Crippen LogP contribution in [0.4, 0.5) is 4.39 Å². The van der Waals surface area contributed by atoms with E-state index in [4.69, 9.17) is 11.6 Å². The average Bonchev–Trinajstić information content (AvgIpc) is 2.86. The molecule has 0 radical (unpaired) electrons. The molecule has 2 aromatic carbocycles. The Kier molecular flexibility index (Phi) is 3.31. The molecule has 0 saturated heterocycles. The van der Waals surface area contributed by atoms with Gasteiger partial charge < -0.3 is 4.98 Å². The van der Waals surface area contributed by atoms with Crippen LogP contribution in [0.2, 0.25) is 5.02 Å². The van der Waals surface area contributed by atoms with Crippen molar-refractivity contribution in [3.63, 3.8) is 0 Å². The first-order valence-corrected chi connectivity index (χ1v) is 6.54. The Morgan fingerprint density at radius 3 is 2.52 bits per heavy atom. The van der Waals surface area contributed by atoms with Crippen LogP contribution in [0.5, 0.6) is 0 Å². The number of fused-ring (bicyclic) bond motifs is 1. The van der Waals surface area contributed by atoms with Gasteiger partial charge >= 0.3 is 0 Å². The molecule has 1 N–H and O–H groups in total. The van der Waals surface area contributed by atoms with Crippen LogP contribution in [0.1, 0.15) is 10.5 Å². The maximum absolute atomic E-state index is 13.1. The van der Waals surface area contributed by atoms with Crippen molar-refractivity contribution in [1.82, 2.24) is 4.98 Å². The maximum atomic E-state index is 13.1. The lowest BCUT2D eigenvalue weighted by molar-refractivity contribution is -0.104. The van der Waals surface area contributed by atoms with Gasteiger partial charge in [0.2, 0.25) is 5.78 Å². The lowest BCUT2D eigenvalue weighted by Gasteiger charge is -2.03. The summed E-state index contributed by atoms with van der Waals surface area (Å²) in [6.07, 6.45) is 0.249. The van der Waals surface area contributed by atoms with Gasteiger partial charge in [0.15, 0.2) is 6.29 Å². The third-order valence-corrected chi connectivity index (χ3v) is 3.48. The number of nitrogens with one attached hydrogen (secondary N) is 1. The molecule has 3 rings (SSSR count). The van der Waals surface area contributed by atoms with Crippen LogP contribution < -0.4 is 0 Å². The molecule has 0 saturated carbocycles. The third-order valence-electron chi connectivity index (χ3n) is 3.25. The Morgan fingerprint density at radius 2 is 1.86 bits per heavy atom. The number of hydrogen-bond donors (Lipinski definition) is 1. The van der Waals surface area contributed by atoms with Gasteiger partial charge in [0.25, 0.3) is 0 Å². The fourth-order valence-electron chi connectivity index (χ4n) is 2.32. The van der Waals surface area contributed by atoms with E-state index < -0.39 is 5.78 Å². The van der Waals surface area contributed by atoms with E-state index >= 15 is 0 Å². The van der Waals surface area contributed by atoms with Crippen LogP contribution in [0.25, 0.3) is 22.0 Å². The second-order valence-corrected chi connectivity index (χ2v) is 4.99. The number of ketones is 1. The largest absolute Gasteiger partial charge is 0.351 e. The number of hydrogen-bond acceptors (Lipinski definition) is 2. The SMILES string of the molecule is O=CC(=O)c1[nH]c2ccc(Cl)cc2c1-c1ccc(F)cc1. The highest BCUT2D eigenvalue weighted by Gasteiger charge is 2.19. The van der Waals surface area contributed by atoms with Gasteiger partial charge in [-0.1, -0.05) is 23.7 Å². The number of halogens is 2. The molecule has 1 aromatic heterocycles. The fourth-order valence-corrected chi connectivity index (χ4v) is 2.50. The molecule has 3 nitrogen and oxygen atoms in total. The second-order valence-electron chi connectivity index (χ2n) is 4.55. The van der Waals surface area contributed by atoms with Crippen molar-refractivity contribution in [2.45, 2.75) is 0 Å². The summed E-state index contributed by atoms with van der Waals surface area (Å²) in [5, 5.41) is 1.22. The minimum Gasteiger partial charge on any atom is -0.351 e. The Labute approximate surface area is 124 Å². The number of carbonyl (C=O) groups excluding carboxylic acids is 2. The van der Waals surface area contributed by atoms with E-state index in [9.17, 15) is 14.0 Å². The summed E-state index contributed by atoms with van der Waals surface area (Å²) in [6, 6.07) is 10.8. The van der Waals surface area contributed by atoms with Crippen LogP contribution in [0.3, 0.4) is 0 Å². The predicted molar refractivity (Wildman–Crippen MR) is 79.1 cm³/mol. The van der Waals surface area contributed by atoms with Gasteiger partial charge in [0, 0.05) is 21.5 Å². The summed E-state index contributed by atoms with van der Waals surface area (Å²) >= 11 is 6.00. The van der Waals surface area contributed by atoms with E-state index in [0.717, 1.165) is 0 Å². The highest BCUT2D eigenvalue weighted by Crippen LogP contribution is 2.34. The molecule has 21 heavy (non-hydrogen) atoms. The van der Waals surface area contributed by atoms with Crippen molar-refractivity contribution in [1.29, 1.82) is 0 Å². The molecule has 0 fully saturated rings. The molecule has 5 heteroatoms. The van der Waals surface area contributed by atoms with E-state index in [-0.39, 0.29) is 17.8 Å². The van der Waals surface area contributed by atoms with Gasteiger partial charge in [0.1, 0.15) is 5.82 Å². The number of Topliss-reactive ketones (excluding diaryl/α,β-unsaturated/α-hetero) is 1. The summed E-state index contributed by atoms with van der Waals surface area (Å²) in [5.74, 6) is -1.04. The summed E-state index contributed by atoms with van der Waals surface area (Å²) in [4.78, 5) is 25.6. The Hall–Kier alpha value is -2.46. The smallest absolute Gasteiger partial charge is 0.242 e. The van der Waals surface area contributed by atoms with E-state index in [1.807, 2.05) is 0 Å². The van der Waals surface area contributed by atoms with E-state index in [1.54, 1.807) is 30.3 Å². The van der Waals surface area contributed by atoms with E-state index in [0.29, 0.717) is 27.1 Å². The van der Waals surface area contributed by atoms with Gasteiger partial charge in [-0.25, -0.2) is 4.39 Å². The standard InChI is InChI=1S/C16H9ClFNO2/c17-10-3-6-13-12(7-10)15(16(19-13)14(21)8-20)9-1-4-11(18)5-2-9/h1-8,19H. The van der Waals surface area contributed by atoms with Crippen LogP contribution in [-0.2, 0) is 4.79 Å². The van der Waals surface area contributed by atoms with Gasteiger partial charge in [-0.15, -0.1) is 0 Å². The highest BCUT2D eigenvalue weighted by atomic mass is 35.5. The number of aromatic nitrogens is 1. The molecule has 0 unspecified atom stereocenters. The molecule has 0 spiro atoms. The molecule has 1 heterocycles. The normalized spacial score (nSPS) is 10.8. The van der Waals surface area contributed by atoms with Crippen molar-refractivity contribution < 1.29 is 14.0 Å². The lowest BCUT2D eigenvalue weighted by Crippen LogP contribution is -2.02. The van der Waals surface area contributed by atoms with Crippen molar-refractivity contribution in [3.8, 4) is 11.1 Å². The number of H-pyrrole nitrogens is 1. The molecule has 0 aliphatic carbocycles. The monoisotopic (exact) mass is 301 g/mol. The average molecular weight is 302 g/mol. The molecule has 0 atom stereocenters. The molecular formula is C16H9ClFNO2. The van der Waals surface area contributed by atoms with E-state index in [1.165, 1.54) is 12.1 Å². The van der Waals surface area contributed by atoms with Gasteiger partial charge in [-0.05, 0) is 35.9 Å². The maximum Gasteiger partial charge on any atom is 0.242 e. The number of aromatic amines is 1. The molecule has 104 valence electrons. The summed E-state index contributed by atoms with van der Waals surface area (Å²) in [6.45, 7) is 0. The summed E-state index contributed by atoms with van der Waals surface area (Å²) in [7, 11) is 0. The molecule has 0 aliphatic heterocycles. The van der Waals surface area contributed by atoms with E-state index in [2.05, 4.69) is 4.98 Å². The third kappa shape index (κ3) is 2.34. The van der Waals surface area contributed by atoms with Crippen molar-refractivity contribution >= 4 is 34.6 Å². The number of benzene rings is 2. The zero-order valence-electron chi connectivity index (χ0n) is 10.7. The lowest BCUT2D eigenvalue weighted by atomic mass is 10.0. The minimum atomic E-state index is -0.665. The van der Waals surface area contributed by atoms with Crippen LogP contribution in [0, 0.1) is 5.82 Å². The summed E-state index contributed by atoms with van der Waals surface area (Å²) in [5.41, 5.74) is 2.04. The highest BCUT2D eigenvalue weighted by molar-refractivity contribution is 6.36. The van der Waals surface area contributed by atoms with Gasteiger partial charge in [0.05, 0.1) is 5.69 Å². The first-order chi connectivity index (χ1) is 10.1. The second kappa shape index (κ2) is 5.14. The molecule has 0 amide bonds. The van der Waals surface area contributed by atoms with Gasteiger partial charge in [-0.2, -0.15) is 0 Å². The first kappa shape index (κ1) is 13.5.